The molecule has 12 heavy (non-hydrogen) atoms. The van der Waals surface area contributed by atoms with Crippen molar-refractivity contribution < 1.29 is 14.3 Å². The number of carbonyl (C=O) groups is 1. The summed E-state index contributed by atoms with van der Waals surface area (Å²) in [5.74, 6) is -0.861. The Balaban J connectivity index is 2.10. The highest BCUT2D eigenvalue weighted by atomic mass is 19.1. The number of carboxylic acids is 1. The van der Waals surface area contributed by atoms with Crippen molar-refractivity contribution >= 4 is 5.97 Å². The van der Waals surface area contributed by atoms with Crippen LogP contribution in [0, 0.1) is 11.8 Å². The molecule has 1 saturated carbocycles. The van der Waals surface area contributed by atoms with E-state index in [4.69, 9.17) is 5.11 Å². The van der Waals surface area contributed by atoms with Crippen molar-refractivity contribution in [2.24, 2.45) is 11.8 Å². The van der Waals surface area contributed by atoms with Crippen LogP contribution in [0.5, 0.6) is 0 Å². The van der Waals surface area contributed by atoms with Gasteiger partial charge in [-0.2, -0.15) is 0 Å². The van der Waals surface area contributed by atoms with Gasteiger partial charge >= 0.3 is 5.97 Å². The molecule has 0 radical (unpaired) electrons. The fourth-order valence-electron chi connectivity index (χ4n) is 2.43. The van der Waals surface area contributed by atoms with Crippen molar-refractivity contribution in [1.82, 2.24) is 5.32 Å². The van der Waals surface area contributed by atoms with Gasteiger partial charge in [-0.25, -0.2) is 4.39 Å². The van der Waals surface area contributed by atoms with Gasteiger partial charge in [-0.1, -0.05) is 0 Å². The first-order chi connectivity index (χ1) is 5.70. The van der Waals surface area contributed by atoms with E-state index in [0.717, 1.165) is 6.42 Å². The van der Waals surface area contributed by atoms with Crippen LogP contribution >= 0.6 is 0 Å². The van der Waals surface area contributed by atoms with Crippen molar-refractivity contribution in [1.29, 1.82) is 0 Å². The van der Waals surface area contributed by atoms with E-state index < -0.39 is 18.2 Å². The highest BCUT2D eigenvalue weighted by Crippen LogP contribution is 2.39. The normalized spacial score (nSPS) is 46.1. The number of hydrogen-bond acceptors (Lipinski definition) is 2. The zero-order valence-corrected chi connectivity index (χ0v) is 6.66. The summed E-state index contributed by atoms with van der Waals surface area (Å²) in [6, 6.07) is -0.504. The lowest BCUT2D eigenvalue weighted by molar-refractivity contribution is -0.140. The Morgan fingerprint density at radius 3 is 2.83 bits per heavy atom. The van der Waals surface area contributed by atoms with Crippen molar-refractivity contribution in [3.8, 4) is 0 Å². The highest BCUT2D eigenvalue weighted by Gasteiger charge is 2.47. The van der Waals surface area contributed by atoms with E-state index in [1.54, 1.807) is 0 Å². The second-order valence-corrected chi connectivity index (χ2v) is 3.65. The zero-order chi connectivity index (χ0) is 8.72. The number of aliphatic carboxylic acids is 1. The largest absolute Gasteiger partial charge is 0.480 e. The molecule has 1 saturated heterocycles. The molecular formula is C8H12FNO2. The molecule has 0 amide bonds. The number of alkyl halides is 1. The number of carboxylic acid groups (broad SMARTS) is 1. The second-order valence-electron chi connectivity index (χ2n) is 3.65. The molecule has 2 rings (SSSR count). The second kappa shape index (κ2) is 2.69. The SMILES string of the molecule is O=C(O)[C@H]1NC[C@H]2[C@@H]1CC[C@@H]2F. The van der Waals surface area contributed by atoms with Gasteiger partial charge in [-0.3, -0.25) is 4.79 Å². The van der Waals surface area contributed by atoms with Gasteiger partial charge in [0, 0.05) is 12.5 Å². The Labute approximate surface area is 70.0 Å². The molecule has 0 unspecified atom stereocenters. The number of halogens is 1. The summed E-state index contributed by atoms with van der Waals surface area (Å²) in [6.45, 7) is 0.531. The summed E-state index contributed by atoms with van der Waals surface area (Å²) >= 11 is 0. The molecule has 1 heterocycles. The van der Waals surface area contributed by atoms with Gasteiger partial charge in [0.15, 0.2) is 0 Å². The molecule has 68 valence electrons. The monoisotopic (exact) mass is 173 g/mol. The molecule has 4 heteroatoms. The maximum atomic E-state index is 13.1. The van der Waals surface area contributed by atoms with Crippen LogP contribution in [-0.4, -0.2) is 29.8 Å². The first-order valence-electron chi connectivity index (χ1n) is 4.30. The molecule has 2 N–H and O–H groups in total. The van der Waals surface area contributed by atoms with E-state index in [1.165, 1.54) is 0 Å². The summed E-state index contributed by atoms with van der Waals surface area (Å²) in [5.41, 5.74) is 0. The molecule has 0 aromatic heterocycles. The minimum absolute atomic E-state index is 0.0255. The number of rotatable bonds is 1. The molecule has 0 aromatic carbocycles. The van der Waals surface area contributed by atoms with Gasteiger partial charge in [0.2, 0.25) is 0 Å². The molecule has 0 bridgehead atoms. The van der Waals surface area contributed by atoms with Crippen LogP contribution in [0.25, 0.3) is 0 Å². The average molecular weight is 173 g/mol. The predicted octanol–water partition coefficient (Wildman–Crippen LogP) is 0.407. The average Bonchev–Trinajstić information content (AvgIpc) is 2.53. The predicted molar refractivity (Wildman–Crippen MR) is 40.5 cm³/mol. The number of fused-ring (bicyclic) bond motifs is 1. The summed E-state index contributed by atoms with van der Waals surface area (Å²) in [6.07, 6.45) is 0.475. The minimum atomic E-state index is -0.836. The Morgan fingerprint density at radius 1 is 1.42 bits per heavy atom. The van der Waals surface area contributed by atoms with Gasteiger partial charge in [-0.15, -0.1) is 0 Å². The lowest BCUT2D eigenvalue weighted by atomic mass is 9.94. The van der Waals surface area contributed by atoms with E-state index in [-0.39, 0.29) is 11.8 Å². The van der Waals surface area contributed by atoms with Crippen LogP contribution in [0.1, 0.15) is 12.8 Å². The zero-order valence-electron chi connectivity index (χ0n) is 6.66. The van der Waals surface area contributed by atoms with Crippen LogP contribution in [0.4, 0.5) is 4.39 Å². The fourth-order valence-corrected chi connectivity index (χ4v) is 2.43. The summed E-state index contributed by atoms with van der Waals surface area (Å²) in [4.78, 5) is 10.7. The lowest BCUT2D eigenvalue weighted by Gasteiger charge is -2.12. The summed E-state index contributed by atoms with van der Waals surface area (Å²) < 4.78 is 13.1. The van der Waals surface area contributed by atoms with Crippen LogP contribution in [0.3, 0.4) is 0 Å². The Hall–Kier alpha value is -0.640. The first-order valence-corrected chi connectivity index (χ1v) is 4.30. The molecule has 1 aliphatic carbocycles. The third-order valence-corrected chi connectivity index (χ3v) is 3.06. The maximum absolute atomic E-state index is 13.1. The van der Waals surface area contributed by atoms with Gasteiger partial charge in [0.25, 0.3) is 0 Å². The Bertz CT molecular complexity index is 209. The van der Waals surface area contributed by atoms with Crippen molar-refractivity contribution in [3.63, 3.8) is 0 Å². The molecule has 0 spiro atoms. The lowest BCUT2D eigenvalue weighted by Crippen LogP contribution is -2.35. The van der Waals surface area contributed by atoms with Gasteiger partial charge < -0.3 is 10.4 Å². The van der Waals surface area contributed by atoms with Crippen LogP contribution in [0.15, 0.2) is 0 Å². The van der Waals surface area contributed by atoms with E-state index in [2.05, 4.69) is 5.32 Å². The molecule has 0 aromatic rings. The number of hydrogen-bond donors (Lipinski definition) is 2. The first kappa shape index (κ1) is 7.98. The highest BCUT2D eigenvalue weighted by molar-refractivity contribution is 5.74. The standard InChI is InChI=1S/C8H12FNO2/c9-6-2-1-4-5(6)3-10-7(4)8(11)12/h4-7,10H,1-3H2,(H,11,12)/t4-,5-,6-,7-/m0/s1. The third-order valence-electron chi connectivity index (χ3n) is 3.06. The minimum Gasteiger partial charge on any atom is -0.480 e. The Kier molecular flexibility index (Phi) is 1.79. The quantitative estimate of drug-likeness (QED) is 0.603. The van der Waals surface area contributed by atoms with Crippen LogP contribution in [-0.2, 0) is 4.79 Å². The molecule has 1 aliphatic heterocycles. The maximum Gasteiger partial charge on any atom is 0.320 e. The van der Waals surface area contributed by atoms with Crippen molar-refractivity contribution in [2.75, 3.05) is 6.54 Å². The summed E-state index contributed by atoms with van der Waals surface area (Å²) in [7, 11) is 0. The molecule has 3 nitrogen and oxygen atoms in total. The van der Waals surface area contributed by atoms with Gasteiger partial charge in [0.05, 0.1) is 0 Å². The molecular weight excluding hydrogens is 161 g/mol. The third kappa shape index (κ3) is 1.02. The topological polar surface area (TPSA) is 49.3 Å². The van der Waals surface area contributed by atoms with Crippen molar-refractivity contribution in [3.05, 3.63) is 0 Å². The van der Waals surface area contributed by atoms with E-state index in [9.17, 15) is 9.18 Å². The molecule has 4 atom stereocenters. The Morgan fingerprint density at radius 2 is 2.17 bits per heavy atom. The van der Waals surface area contributed by atoms with E-state index >= 15 is 0 Å². The van der Waals surface area contributed by atoms with Gasteiger partial charge in [0.1, 0.15) is 12.2 Å². The van der Waals surface area contributed by atoms with Crippen molar-refractivity contribution in [2.45, 2.75) is 25.1 Å². The molecule has 2 fully saturated rings. The van der Waals surface area contributed by atoms with E-state index in [0.29, 0.717) is 13.0 Å². The van der Waals surface area contributed by atoms with Gasteiger partial charge in [-0.05, 0) is 18.8 Å². The molecule has 2 aliphatic rings. The summed E-state index contributed by atoms with van der Waals surface area (Å²) in [5, 5.41) is 11.6. The number of nitrogens with one attached hydrogen (secondary N) is 1. The van der Waals surface area contributed by atoms with Crippen LogP contribution < -0.4 is 5.32 Å². The smallest absolute Gasteiger partial charge is 0.320 e. The fraction of sp³-hybridized carbons (Fsp3) is 0.875. The van der Waals surface area contributed by atoms with E-state index in [1.807, 2.05) is 0 Å². The van der Waals surface area contributed by atoms with Crippen LogP contribution in [0.2, 0.25) is 0 Å².